The topological polar surface area (TPSA) is 0 Å². The number of hydrogen-bond acceptors (Lipinski definition) is 0. The Labute approximate surface area is 81.0 Å². The molecule has 0 aliphatic heterocycles. The molecule has 0 fully saturated rings. The van der Waals surface area contributed by atoms with E-state index in [0.717, 1.165) is 5.92 Å². The molecule has 2 rings (SSSR count). The van der Waals surface area contributed by atoms with Gasteiger partial charge >= 0.3 is 0 Å². The Morgan fingerprint density at radius 1 is 1.38 bits per heavy atom. The Morgan fingerprint density at radius 2 is 2.23 bits per heavy atom. The summed E-state index contributed by atoms with van der Waals surface area (Å²) in [5, 5.41) is 0. The highest BCUT2D eigenvalue weighted by atomic mass is 14.2. The maximum atomic E-state index is 2.37. The molecular weight excluding hydrogens is 156 g/mol. The summed E-state index contributed by atoms with van der Waals surface area (Å²) in [6, 6.07) is 6.97. The van der Waals surface area contributed by atoms with Crippen LogP contribution < -0.4 is 0 Å². The summed E-state index contributed by atoms with van der Waals surface area (Å²) in [7, 11) is 0. The van der Waals surface area contributed by atoms with Crippen LogP contribution >= 0.6 is 0 Å². The summed E-state index contributed by atoms with van der Waals surface area (Å²) in [6.07, 6.45) is 5.38. The van der Waals surface area contributed by atoms with Gasteiger partial charge in [-0.3, -0.25) is 0 Å². The van der Waals surface area contributed by atoms with Crippen molar-refractivity contribution in [1.82, 2.24) is 0 Å². The van der Waals surface area contributed by atoms with Gasteiger partial charge in [0.2, 0.25) is 0 Å². The number of rotatable bonds is 1. The highest BCUT2D eigenvalue weighted by Gasteiger charge is 2.17. The molecule has 1 aliphatic rings. The van der Waals surface area contributed by atoms with Gasteiger partial charge in [0.25, 0.3) is 0 Å². The minimum Gasteiger partial charge on any atom is -0.0648 e. The highest BCUT2D eigenvalue weighted by Crippen LogP contribution is 2.33. The second kappa shape index (κ2) is 3.53. The quantitative estimate of drug-likeness (QED) is 0.607. The molecule has 0 saturated carbocycles. The summed E-state index contributed by atoms with van der Waals surface area (Å²) in [6.45, 7) is 4.50. The third-order valence-corrected chi connectivity index (χ3v) is 3.23. The molecule has 0 bridgehead atoms. The molecule has 0 heterocycles. The van der Waals surface area contributed by atoms with Crippen LogP contribution in [0.4, 0.5) is 0 Å². The lowest BCUT2D eigenvalue weighted by Gasteiger charge is -2.24. The molecule has 1 atom stereocenters. The van der Waals surface area contributed by atoms with Crippen LogP contribution in [0, 0.1) is 6.92 Å². The molecule has 0 heteroatoms. The fourth-order valence-electron chi connectivity index (χ4n) is 2.47. The second-order valence-corrected chi connectivity index (χ2v) is 4.20. The Kier molecular flexibility index (Phi) is 2.39. The number of fused-ring (bicyclic) bond motifs is 1. The van der Waals surface area contributed by atoms with Crippen molar-refractivity contribution in [2.45, 2.75) is 45.4 Å². The average molecular weight is 174 g/mol. The molecule has 13 heavy (non-hydrogen) atoms. The van der Waals surface area contributed by atoms with Crippen LogP contribution in [0.15, 0.2) is 18.2 Å². The van der Waals surface area contributed by atoms with Crippen LogP contribution in [0.5, 0.6) is 0 Å². The molecule has 0 amide bonds. The largest absolute Gasteiger partial charge is 0.0648 e. The molecule has 0 spiro atoms. The van der Waals surface area contributed by atoms with E-state index in [-0.39, 0.29) is 0 Å². The van der Waals surface area contributed by atoms with Gasteiger partial charge in [-0.2, -0.15) is 0 Å². The van der Waals surface area contributed by atoms with Crippen LogP contribution in [-0.2, 0) is 6.42 Å². The van der Waals surface area contributed by atoms with Crippen molar-refractivity contribution in [3.63, 3.8) is 0 Å². The van der Waals surface area contributed by atoms with E-state index in [9.17, 15) is 0 Å². The van der Waals surface area contributed by atoms with E-state index in [2.05, 4.69) is 32.0 Å². The Morgan fingerprint density at radius 3 is 3.00 bits per heavy atom. The fraction of sp³-hybridized carbons (Fsp3) is 0.538. The summed E-state index contributed by atoms with van der Waals surface area (Å²) in [5.74, 6) is 0.837. The summed E-state index contributed by atoms with van der Waals surface area (Å²) in [4.78, 5) is 0. The van der Waals surface area contributed by atoms with Crippen molar-refractivity contribution in [3.05, 3.63) is 34.9 Å². The van der Waals surface area contributed by atoms with E-state index in [1.54, 1.807) is 11.1 Å². The zero-order valence-corrected chi connectivity index (χ0v) is 8.64. The summed E-state index contributed by atoms with van der Waals surface area (Å²) in [5.41, 5.74) is 4.65. The van der Waals surface area contributed by atoms with Crippen molar-refractivity contribution >= 4 is 0 Å². The monoisotopic (exact) mass is 174 g/mol. The average Bonchev–Trinajstić information content (AvgIpc) is 2.16. The first-order valence-electron chi connectivity index (χ1n) is 5.40. The molecule has 0 N–H and O–H groups in total. The van der Waals surface area contributed by atoms with Gasteiger partial charge in [-0.15, -0.1) is 0 Å². The zero-order chi connectivity index (χ0) is 9.26. The first-order valence-corrected chi connectivity index (χ1v) is 5.40. The van der Waals surface area contributed by atoms with Crippen molar-refractivity contribution < 1.29 is 0 Å². The first-order chi connectivity index (χ1) is 6.31. The normalized spacial score (nSPS) is 21.2. The predicted molar refractivity (Wildman–Crippen MR) is 57.1 cm³/mol. The molecule has 0 nitrogen and oxygen atoms in total. The molecule has 0 radical (unpaired) electrons. The maximum Gasteiger partial charge on any atom is -0.0162 e. The second-order valence-electron chi connectivity index (χ2n) is 4.20. The minimum atomic E-state index is 0.837. The van der Waals surface area contributed by atoms with Crippen molar-refractivity contribution in [1.29, 1.82) is 0 Å². The molecule has 1 aromatic carbocycles. The van der Waals surface area contributed by atoms with Gasteiger partial charge in [0.05, 0.1) is 0 Å². The molecule has 0 unspecified atom stereocenters. The van der Waals surface area contributed by atoms with E-state index < -0.39 is 0 Å². The van der Waals surface area contributed by atoms with Gasteiger partial charge in [0.15, 0.2) is 0 Å². The van der Waals surface area contributed by atoms with E-state index in [1.165, 1.54) is 31.2 Å². The van der Waals surface area contributed by atoms with Gasteiger partial charge in [0, 0.05) is 0 Å². The Hall–Kier alpha value is -0.780. The minimum absolute atomic E-state index is 0.837. The standard InChI is InChI=1S/C13H18/c1-3-11-5-4-6-12-9-10(2)7-8-13(11)12/h7-9,11H,3-6H2,1-2H3/t11-/m1/s1. The van der Waals surface area contributed by atoms with E-state index in [0.29, 0.717) is 0 Å². The molecule has 0 aromatic heterocycles. The SMILES string of the molecule is CC[C@@H]1CCCc2cc(C)ccc21. The highest BCUT2D eigenvalue weighted by molar-refractivity contribution is 5.35. The lowest BCUT2D eigenvalue weighted by Crippen LogP contribution is -2.08. The molecule has 0 saturated heterocycles. The Bertz CT molecular complexity index is 299. The van der Waals surface area contributed by atoms with Crippen LogP contribution in [0.2, 0.25) is 0 Å². The van der Waals surface area contributed by atoms with Gasteiger partial charge in [-0.05, 0) is 49.7 Å². The first kappa shape index (κ1) is 8.80. The van der Waals surface area contributed by atoms with Crippen molar-refractivity contribution in [3.8, 4) is 0 Å². The number of aryl methyl sites for hydroxylation is 2. The third-order valence-electron chi connectivity index (χ3n) is 3.23. The van der Waals surface area contributed by atoms with Crippen LogP contribution in [-0.4, -0.2) is 0 Å². The van der Waals surface area contributed by atoms with Crippen LogP contribution in [0.3, 0.4) is 0 Å². The van der Waals surface area contributed by atoms with Crippen LogP contribution in [0.1, 0.15) is 48.8 Å². The maximum absolute atomic E-state index is 2.37. The third kappa shape index (κ3) is 1.63. The molecular formula is C13H18. The molecule has 1 aromatic rings. The van der Waals surface area contributed by atoms with Crippen molar-refractivity contribution in [2.24, 2.45) is 0 Å². The molecule has 1 aliphatic carbocycles. The number of hydrogen-bond donors (Lipinski definition) is 0. The van der Waals surface area contributed by atoms with Gasteiger partial charge in [0.1, 0.15) is 0 Å². The lowest BCUT2D eigenvalue weighted by molar-refractivity contribution is 0.539. The fourth-order valence-corrected chi connectivity index (χ4v) is 2.47. The van der Waals surface area contributed by atoms with E-state index >= 15 is 0 Å². The molecule has 70 valence electrons. The summed E-state index contributed by atoms with van der Waals surface area (Å²) < 4.78 is 0. The van der Waals surface area contributed by atoms with E-state index in [1.807, 2.05) is 0 Å². The van der Waals surface area contributed by atoms with Crippen LogP contribution in [0.25, 0.3) is 0 Å². The number of benzene rings is 1. The van der Waals surface area contributed by atoms with Gasteiger partial charge < -0.3 is 0 Å². The van der Waals surface area contributed by atoms with Gasteiger partial charge in [-0.1, -0.05) is 30.7 Å². The smallest absolute Gasteiger partial charge is 0.0162 e. The summed E-state index contributed by atoms with van der Waals surface area (Å²) >= 11 is 0. The lowest BCUT2D eigenvalue weighted by atomic mass is 9.81. The predicted octanol–water partition coefficient (Wildman–Crippen LogP) is 3.82. The van der Waals surface area contributed by atoms with Crippen molar-refractivity contribution in [2.75, 3.05) is 0 Å². The Balaban J connectivity index is 2.40. The zero-order valence-electron chi connectivity index (χ0n) is 8.64. The van der Waals surface area contributed by atoms with Gasteiger partial charge in [-0.25, -0.2) is 0 Å². The van der Waals surface area contributed by atoms with E-state index in [4.69, 9.17) is 0 Å².